The quantitative estimate of drug-likeness (QED) is 0.891. The van der Waals surface area contributed by atoms with Crippen LogP contribution in [0.1, 0.15) is 24.2 Å². The molecule has 3 rings (SSSR count). The van der Waals surface area contributed by atoms with Crippen LogP contribution in [-0.2, 0) is 11.3 Å². The van der Waals surface area contributed by atoms with E-state index in [1.807, 2.05) is 12.1 Å². The summed E-state index contributed by atoms with van der Waals surface area (Å²) in [5.41, 5.74) is 1.67. The summed E-state index contributed by atoms with van der Waals surface area (Å²) in [6.45, 7) is 4.53. The van der Waals surface area contributed by atoms with Crippen LogP contribution in [-0.4, -0.2) is 30.5 Å². The lowest BCUT2D eigenvalue weighted by atomic mass is 9.94. The molecule has 1 aliphatic rings. The minimum Gasteiger partial charge on any atom is -0.460 e. The molecule has 118 valence electrons. The fourth-order valence-electron chi connectivity index (χ4n) is 2.69. The number of hydrogen-bond acceptors (Lipinski definition) is 4. The molecule has 1 saturated heterocycles. The summed E-state index contributed by atoms with van der Waals surface area (Å²) in [4.78, 5) is 0. The van der Waals surface area contributed by atoms with Crippen LogP contribution in [0.3, 0.4) is 0 Å². The third-order valence-electron chi connectivity index (χ3n) is 4.17. The Balaban J connectivity index is 1.54. The van der Waals surface area contributed by atoms with Gasteiger partial charge < -0.3 is 19.6 Å². The van der Waals surface area contributed by atoms with Crippen molar-refractivity contribution in [2.75, 3.05) is 19.8 Å². The van der Waals surface area contributed by atoms with Gasteiger partial charge in [0.15, 0.2) is 0 Å². The molecule has 0 radical (unpaired) electrons. The van der Waals surface area contributed by atoms with E-state index in [2.05, 4.69) is 36.5 Å². The van der Waals surface area contributed by atoms with Crippen LogP contribution in [0.5, 0.6) is 0 Å². The van der Waals surface area contributed by atoms with Crippen LogP contribution in [0.15, 0.2) is 40.8 Å². The standard InChI is InChI=1S/C18H23NO3/c1-14-2-4-15(5-3-14)17-7-6-16(22-17)12-19-13-18(20)8-10-21-11-9-18/h2-7,19-20H,8-13H2,1H3. The predicted molar refractivity (Wildman–Crippen MR) is 85.6 cm³/mol. The second kappa shape index (κ2) is 6.65. The zero-order valence-corrected chi connectivity index (χ0v) is 13.0. The highest BCUT2D eigenvalue weighted by Gasteiger charge is 2.29. The van der Waals surface area contributed by atoms with E-state index in [9.17, 15) is 5.11 Å². The van der Waals surface area contributed by atoms with Gasteiger partial charge in [0.1, 0.15) is 11.5 Å². The molecule has 2 aromatic rings. The Labute approximate surface area is 131 Å². The maximum atomic E-state index is 10.4. The SMILES string of the molecule is Cc1ccc(-c2ccc(CNCC3(O)CCOCC3)o2)cc1. The van der Waals surface area contributed by atoms with E-state index in [0.29, 0.717) is 39.1 Å². The molecular weight excluding hydrogens is 278 g/mol. The average molecular weight is 301 g/mol. The molecule has 2 heterocycles. The maximum absolute atomic E-state index is 10.4. The zero-order valence-electron chi connectivity index (χ0n) is 13.0. The largest absolute Gasteiger partial charge is 0.460 e. The molecule has 0 bridgehead atoms. The number of nitrogens with one attached hydrogen (secondary N) is 1. The first-order chi connectivity index (χ1) is 10.6. The number of aryl methyl sites for hydroxylation is 1. The van der Waals surface area contributed by atoms with Gasteiger partial charge in [-0.05, 0) is 19.1 Å². The predicted octanol–water partition coefficient (Wildman–Crippen LogP) is 2.89. The van der Waals surface area contributed by atoms with E-state index in [-0.39, 0.29) is 0 Å². The molecule has 1 aliphatic heterocycles. The number of ether oxygens (including phenoxy) is 1. The second-order valence-electron chi connectivity index (χ2n) is 6.07. The van der Waals surface area contributed by atoms with Gasteiger partial charge in [-0.25, -0.2) is 0 Å². The van der Waals surface area contributed by atoms with Crippen molar-refractivity contribution in [3.63, 3.8) is 0 Å². The fraction of sp³-hybridized carbons (Fsp3) is 0.444. The molecule has 2 N–H and O–H groups in total. The minimum atomic E-state index is -0.648. The Morgan fingerprint density at radius 2 is 1.82 bits per heavy atom. The first-order valence-corrected chi connectivity index (χ1v) is 7.81. The number of aliphatic hydroxyl groups is 1. The summed E-state index contributed by atoms with van der Waals surface area (Å²) in [6.07, 6.45) is 1.37. The topological polar surface area (TPSA) is 54.6 Å². The third-order valence-corrected chi connectivity index (χ3v) is 4.17. The molecule has 0 amide bonds. The Hall–Kier alpha value is -1.62. The van der Waals surface area contributed by atoms with Crippen molar-refractivity contribution >= 4 is 0 Å². The van der Waals surface area contributed by atoms with Gasteiger partial charge in [-0.2, -0.15) is 0 Å². The van der Waals surface area contributed by atoms with Gasteiger partial charge in [-0.1, -0.05) is 29.8 Å². The van der Waals surface area contributed by atoms with Crippen LogP contribution < -0.4 is 5.32 Å². The first kappa shape index (κ1) is 15.3. The minimum absolute atomic E-state index is 0.566. The summed E-state index contributed by atoms with van der Waals surface area (Å²) in [5.74, 6) is 1.76. The highest BCUT2D eigenvalue weighted by Crippen LogP contribution is 2.23. The maximum Gasteiger partial charge on any atom is 0.134 e. The summed E-state index contributed by atoms with van der Waals surface area (Å²) < 4.78 is 11.1. The van der Waals surface area contributed by atoms with Gasteiger partial charge in [-0.15, -0.1) is 0 Å². The number of furan rings is 1. The number of benzene rings is 1. The fourth-order valence-corrected chi connectivity index (χ4v) is 2.69. The van der Waals surface area contributed by atoms with E-state index in [0.717, 1.165) is 17.1 Å². The van der Waals surface area contributed by atoms with Gasteiger partial charge >= 0.3 is 0 Å². The molecule has 0 spiro atoms. The van der Waals surface area contributed by atoms with E-state index < -0.39 is 5.60 Å². The Bertz CT molecular complexity index is 597. The van der Waals surface area contributed by atoms with Crippen LogP contribution in [0.2, 0.25) is 0 Å². The molecule has 4 nitrogen and oxygen atoms in total. The molecule has 1 aromatic heterocycles. The van der Waals surface area contributed by atoms with Crippen LogP contribution >= 0.6 is 0 Å². The van der Waals surface area contributed by atoms with Gasteiger partial charge in [0.2, 0.25) is 0 Å². The lowest BCUT2D eigenvalue weighted by molar-refractivity contribution is -0.0618. The first-order valence-electron chi connectivity index (χ1n) is 7.81. The van der Waals surface area contributed by atoms with Crippen LogP contribution in [0.4, 0.5) is 0 Å². The highest BCUT2D eigenvalue weighted by molar-refractivity contribution is 5.57. The van der Waals surface area contributed by atoms with Crippen molar-refractivity contribution < 1.29 is 14.3 Å². The smallest absolute Gasteiger partial charge is 0.134 e. The molecule has 22 heavy (non-hydrogen) atoms. The van der Waals surface area contributed by atoms with Gasteiger partial charge in [0.05, 0.1) is 12.1 Å². The van der Waals surface area contributed by atoms with Crippen molar-refractivity contribution in [3.8, 4) is 11.3 Å². The van der Waals surface area contributed by atoms with E-state index >= 15 is 0 Å². The van der Waals surface area contributed by atoms with Gasteiger partial charge in [0, 0.05) is 38.2 Å². The number of rotatable bonds is 5. The molecule has 1 fully saturated rings. The van der Waals surface area contributed by atoms with Crippen molar-refractivity contribution in [2.45, 2.75) is 31.9 Å². The molecule has 0 unspecified atom stereocenters. The Morgan fingerprint density at radius 1 is 1.09 bits per heavy atom. The normalized spacial score (nSPS) is 17.5. The summed E-state index contributed by atoms with van der Waals surface area (Å²) in [7, 11) is 0. The van der Waals surface area contributed by atoms with Crippen LogP contribution in [0, 0.1) is 6.92 Å². The lowest BCUT2D eigenvalue weighted by Crippen LogP contribution is -2.44. The molecule has 0 saturated carbocycles. The van der Waals surface area contributed by atoms with Crippen molar-refractivity contribution in [2.24, 2.45) is 0 Å². The van der Waals surface area contributed by atoms with E-state index in [1.54, 1.807) is 0 Å². The average Bonchev–Trinajstić information content (AvgIpc) is 2.97. The third kappa shape index (κ3) is 3.77. The molecule has 4 heteroatoms. The molecule has 0 aliphatic carbocycles. The van der Waals surface area contributed by atoms with Crippen molar-refractivity contribution in [3.05, 3.63) is 47.7 Å². The van der Waals surface area contributed by atoms with Crippen molar-refractivity contribution in [1.29, 1.82) is 0 Å². The highest BCUT2D eigenvalue weighted by atomic mass is 16.5. The summed E-state index contributed by atoms with van der Waals surface area (Å²) in [6, 6.07) is 12.3. The van der Waals surface area contributed by atoms with E-state index in [4.69, 9.17) is 9.15 Å². The molecular formula is C18H23NO3. The molecule has 1 aromatic carbocycles. The van der Waals surface area contributed by atoms with Gasteiger partial charge in [-0.3, -0.25) is 0 Å². The second-order valence-corrected chi connectivity index (χ2v) is 6.07. The molecule has 0 atom stereocenters. The lowest BCUT2D eigenvalue weighted by Gasteiger charge is -2.32. The Kier molecular flexibility index (Phi) is 4.62. The Morgan fingerprint density at radius 3 is 2.55 bits per heavy atom. The van der Waals surface area contributed by atoms with Gasteiger partial charge in [0.25, 0.3) is 0 Å². The zero-order chi connectivity index (χ0) is 15.4. The monoisotopic (exact) mass is 301 g/mol. The number of hydrogen-bond donors (Lipinski definition) is 2. The summed E-state index contributed by atoms with van der Waals surface area (Å²) in [5, 5.41) is 13.7. The van der Waals surface area contributed by atoms with E-state index in [1.165, 1.54) is 5.56 Å². The summed E-state index contributed by atoms with van der Waals surface area (Å²) >= 11 is 0. The van der Waals surface area contributed by atoms with Crippen LogP contribution in [0.25, 0.3) is 11.3 Å². The van der Waals surface area contributed by atoms with Crippen molar-refractivity contribution in [1.82, 2.24) is 5.32 Å².